The molecule has 3 aromatic rings. The lowest BCUT2D eigenvalue weighted by molar-refractivity contribution is -0.133. The number of para-hydroxylation sites is 1. The zero-order chi connectivity index (χ0) is 21.8. The Morgan fingerprint density at radius 3 is 2.81 bits per heavy atom. The molecule has 0 radical (unpaired) electrons. The lowest BCUT2D eigenvalue weighted by Crippen LogP contribution is -2.48. The smallest absolute Gasteiger partial charge is 0.257 e. The van der Waals surface area contributed by atoms with Crippen molar-refractivity contribution in [1.29, 1.82) is 0 Å². The molecule has 6 nitrogen and oxygen atoms in total. The minimum atomic E-state index is -0.478. The number of H-pyrrole nitrogens is 1. The Labute approximate surface area is 184 Å². The van der Waals surface area contributed by atoms with Crippen molar-refractivity contribution in [3.8, 4) is 5.75 Å². The van der Waals surface area contributed by atoms with Crippen molar-refractivity contribution in [2.45, 2.75) is 12.5 Å². The molecule has 0 saturated carbocycles. The van der Waals surface area contributed by atoms with E-state index in [9.17, 15) is 14.0 Å². The fourth-order valence-corrected chi connectivity index (χ4v) is 4.78. The Bertz CT molecular complexity index is 1070. The molecule has 1 saturated heterocycles. The number of aromatic amines is 1. The van der Waals surface area contributed by atoms with Crippen LogP contribution in [0.25, 0.3) is 10.9 Å². The van der Waals surface area contributed by atoms with E-state index in [1.54, 1.807) is 46.9 Å². The molecule has 1 fully saturated rings. The number of benzene rings is 2. The zero-order valence-corrected chi connectivity index (χ0v) is 18.0. The van der Waals surface area contributed by atoms with E-state index >= 15 is 0 Å². The largest absolute Gasteiger partial charge is 0.494 e. The molecule has 0 spiro atoms. The van der Waals surface area contributed by atoms with Gasteiger partial charge in [-0.2, -0.15) is 0 Å². The molecule has 4 rings (SSSR count). The topological polar surface area (TPSA) is 65.6 Å². The number of thioether (sulfide) groups is 1. The standard InChI is InChI=1S/C23H24FN3O3S/c1-26(11-4-12-30-17-9-7-16(24)8-10-17)23(29)21-14-31-15-27(21)22(28)19-13-25-20-6-3-2-5-18(19)20/h2-3,5-10,13,21,25H,4,11-12,14-15H2,1H3. The van der Waals surface area contributed by atoms with Crippen LogP contribution in [0.5, 0.6) is 5.75 Å². The fourth-order valence-electron chi connectivity index (χ4n) is 3.64. The van der Waals surface area contributed by atoms with Crippen molar-refractivity contribution in [2.75, 3.05) is 31.8 Å². The van der Waals surface area contributed by atoms with Crippen molar-refractivity contribution in [3.63, 3.8) is 0 Å². The highest BCUT2D eigenvalue weighted by atomic mass is 32.2. The summed E-state index contributed by atoms with van der Waals surface area (Å²) in [7, 11) is 1.75. The number of halogens is 1. The molecule has 2 heterocycles. The maximum Gasteiger partial charge on any atom is 0.257 e. The van der Waals surface area contributed by atoms with Gasteiger partial charge in [-0.05, 0) is 36.8 Å². The number of carbonyl (C=O) groups is 2. The average molecular weight is 442 g/mol. The van der Waals surface area contributed by atoms with Gasteiger partial charge in [-0.15, -0.1) is 11.8 Å². The van der Waals surface area contributed by atoms with Crippen LogP contribution in [0.3, 0.4) is 0 Å². The van der Waals surface area contributed by atoms with Gasteiger partial charge in [0.1, 0.15) is 17.6 Å². The number of rotatable bonds is 7. The number of fused-ring (bicyclic) bond motifs is 1. The number of amides is 2. The predicted octanol–water partition coefficient (Wildman–Crippen LogP) is 3.75. The van der Waals surface area contributed by atoms with E-state index in [4.69, 9.17) is 4.74 Å². The van der Waals surface area contributed by atoms with Gasteiger partial charge in [0.25, 0.3) is 5.91 Å². The third-order valence-electron chi connectivity index (χ3n) is 5.34. The van der Waals surface area contributed by atoms with Gasteiger partial charge in [0.2, 0.25) is 5.91 Å². The summed E-state index contributed by atoms with van der Waals surface area (Å²) in [5.41, 5.74) is 1.49. The molecule has 1 N–H and O–H groups in total. The lowest BCUT2D eigenvalue weighted by atomic mass is 10.1. The second-order valence-electron chi connectivity index (χ2n) is 7.45. The molecule has 0 aliphatic carbocycles. The van der Waals surface area contributed by atoms with Gasteiger partial charge in [0.15, 0.2) is 0 Å². The Hall–Kier alpha value is -3.00. The number of nitrogens with zero attached hydrogens (tertiary/aromatic N) is 2. The van der Waals surface area contributed by atoms with E-state index < -0.39 is 6.04 Å². The van der Waals surface area contributed by atoms with Crippen LogP contribution in [0.15, 0.2) is 54.7 Å². The molecule has 1 aliphatic rings. The summed E-state index contributed by atoms with van der Waals surface area (Å²) in [6.45, 7) is 0.928. The minimum Gasteiger partial charge on any atom is -0.494 e. The quantitative estimate of drug-likeness (QED) is 0.567. The first kappa shape index (κ1) is 21.2. The van der Waals surface area contributed by atoms with Crippen LogP contribution in [0.4, 0.5) is 4.39 Å². The summed E-state index contributed by atoms with van der Waals surface area (Å²) < 4.78 is 18.5. The Morgan fingerprint density at radius 2 is 2.00 bits per heavy atom. The van der Waals surface area contributed by atoms with Crippen molar-refractivity contribution in [3.05, 3.63) is 66.1 Å². The van der Waals surface area contributed by atoms with Crippen molar-refractivity contribution in [2.24, 2.45) is 0 Å². The molecule has 8 heteroatoms. The number of ether oxygens (including phenoxy) is 1. The van der Waals surface area contributed by atoms with Gasteiger partial charge >= 0.3 is 0 Å². The number of nitrogens with one attached hydrogen (secondary N) is 1. The van der Waals surface area contributed by atoms with Crippen molar-refractivity contribution >= 4 is 34.5 Å². The summed E-state index contributed by atoms with van der Waals surface area (Å²) >= 11 is 1.59. The van der Waals surface area contributed by atoms with E-state index in [1.165, 1.54) is 12.1 Å². The molecule has 2 aromatic carbocycles. The van der Waals surface area contributed by atoms with Crippen LogP contribution >= 0.6 is 11.8 Å². The molecular weight excluding hydrogens is 417 g/mol. The van der Waals surface area contributed by atoms with E-state index in [0.29, 0.717) is 42.5 Å². The zero-order valence-electron chi connectivity index (χ0n) is 17.2. The molecule has 0 bridgehead atoms. The Kier molecular flexibility index (Phi) is 6.46. The first-order valence-electron chi connectivity index (χ1n) is 10.1. The monoisotopic (exact) mass is 441 g/mol. The molecule has 31 heavy (non-hydrogen) atoms. The fraction of sp³-hybridized carbons (Fsp3) is 0.304. The SMILES string of the molecule is CN(CCCOc1ccc(F)cc1)C(=O)C1CSCN1C(=O)c1c[nH]c2ccccc12. The minimum absolute atomic E-state index is 0.0695. The number of hydrogen-bond acceptors (Lipinski definition) is 4. The van der Waals surface area contributed by atoms with E-state index in [1.807, 2.05) is 24.3 Å². The maximum atomic E-state index is 13.2. The summed E-state index contributed by atoms with van der Waals surface area (Å²) in [6, 6.07) is 13.0. The highest BCUT2D eigenvalue weighted by Gasteiger charge is 2.37. The molecule has 1 atom stereocenters. The normalized spacial score (nSPS) is 15.9. The van der Waals surface area contributed by atoms with Gasteiger partial charge in [-0.1, -0.05) is 18.2 Å². The third kappa shape index (κ3) is 4.69. The van der Waals surface area contributed by atoms with Crippen molar-refractivity contribution < 1.29 is 18.7 Å². The van der Waals surface area contributed by atoms with E-state index in [-0.39, 0.29) is 17.6 Å². The Morgan fingerprint density at radius 1 is 1.23 bits per heavy atom. The van der Waals surface area contributed by atoms with Crippen LogP contribution in [0.2, 0.25) is 0 Å². The highest BCUT2D eigenvalue weighted by molar-refractivity contribution is 7.99. The van der Waals surface area contributed by atoms with Crippen molar-refractivity contribution in [1.82, 2.24) is 14.8 Å². The van der Waals surface area contributed by atoms with Gasteiger partial charge < -0.3 is 19.5 Å². The third-order valence-corrected chi connectivity index (χ3v) is 6.36. The summed E-state index contributed by atoms with van der Waals surface area (Å²) in [6.07, 6.45) is 2.35. The second-order valence-corrected chi connectivity index (χ2v) is 8.45. The van der Waals surface area contributed by atoms with E-state index in [2.05, 4.69) is 4.98 Å². The van der Waals surface area contributed by atoms with Gasteiger partial charge in [0, 0.05) is 36.4 Å². The first-order valence-corrected chi connectivity index (χ1v) is 11.3. The van der Waals surface area contributed by atoms with Gasteiger partial charge in [-0.3, -0.25) is 9.59 Å². The lowest BCUT2D eigenvalue weighted by Gasteiger charge is -2.27. The molecular formula is C23H24FN3O3S. The Balaban J connectivity index is 1.33. The molecule has 2 amide bonds. The predicted molar refractivity (Wildman–Crippen MR) is 120 cm³/mol. The van der Waals surface area contributed by atoms with Crippen LogP contribution < -0.4 is 4.74 Å². The molecule has 1 aliphatic heterocycles. The highest BCUT2D eigenvalue weighted by Crippen LogP contribution is 2.27. The van der Waals surface area contributed by atoms with Crippen LogP contribution in [0, 0.1) is 5.82 Å². The van der Waals surface area contributed by atoms with Gasteiger partial charge in [0.05, 0.1) is 18.0 Å². The first-order chi connectivity index (χ1) is 15.0. The summed E-state index contributed by atoms with van der Waals surface area (Å²) in [4.78, 5) is 32.6. The van der Waals surface area contributed by atoms with E-state index in [0.717, 1.165) is 10.9 Å². The number of aromatic nitrogens is 1. The number of hydrogen-bond donors (Lipinski definition) is 1. The molecule has 162 valence electrons. The number of carbonyl (C=O) groups excluding carboxylic acids is 2. The van der Waals surface area contributed by atoms with Gasteiger partial charge in [-0.25, -0.2) is 4.39 Å². The van der Waals surface area contributed by atoms with Crippen LogP contribution in [-0.4, -0.2) is 64.5 Å². The molecule has 1 unspecified atom stereocenters. The number of likely N-dealkylation sites (N-methyl/N-ethyl adjacent to an activating group) is 1. The van der Waals surface area contributed by atoms with Crippen LogP contribution in [-0.2, 0) is 4.79 Å². The molecule has 1 aromatic heterocycles. The second kappa shape index (κ2) is 9.43. The van der Waals surface area contributed by atoms with Crippen LogP contribution in [0.1, 0.15) is 16.8 Å². The summed E-state index contributed by atoms with van der Waals surface area (Å²) in [5.74, 6) is 1.17. The summed E-state index contributed by atoms with van der Waals surface area (Å²) in [5, 5.41) is 0.863. The average Bonchev–Trinajstić information content (AvgIpc) is 3.44. The maximum absolute atomic E-state index is 13.2.